The van der Waals surface area contributed by atoms with Gasteiger partial charge in [-0.1, -0.05) is 30.3 Å². The predicted octanol–water partition coefficient (Wildman–Crippen LogP) is 1.89. The van der Waals surface area contributed by atoms with Crippen molar-refractivity contribution in [1.29, 1.82) is 5.26 Å². The lowest BCUT2D eigenvalue weighted by Crippen LogP contribution is -2.12. The molecule has 1 aromatic carbocycles. The number of carbonyl (C=O) groups excluding carboxylic acids is 1. The first kappa shape index (κ1) is 14.5. The lowest BCUT2D eigenvalue weighted by Gasteiger charge is -2.06. The quantitative estimate of drug-likeness (QED) is 0.814. The number of nitrogens with zero attached hydrogens (tertiary/aromatic N) is 3. The Hall–Kier alpha value is -2.94. The van der Waals surface area contributed by atoms with Gasteiger partial charge >= 0.3 is 5.97 Å². The van der Waals surface area contributed by atoms with Crippen molar-refractivity contribution in [1.82, 2.24) is 10.2 Å². The van der Waals surface area contributed by atoms with E-state index >= 15 is 0 Å². The fraction of sp³-hybridized carbons (Fsp3) is 0.200. The summed E-state index contributed by atoms with van der Waals surface area (Å²) in [5, 5.41) is 19.0. The highest BCUT2D eigenvalue weighted by molar-refractivity contribution is 5.70. The molecule has 0 atom stereocenters. The van der Waals surface area contributed by atoms with Crippen LogP contribution >= 0.6 is 0 Å². The van der Waals surface area contributed by atoms with Gasteiger partial charge in [-0.15, -0.1) is 10.2 Å². The van der Waals surface area contributed by atoms with E-state index in [2.05, 4.69) is 15.5 Å². The zero-order valence-electron chi connectivity index (χ0n) is 11.3. The monoisotopic (exact) mass is 282 g/mol. The van der Waals surface area contributed by atoms with Crippen LogP contribution in [0.5, 0.6) is 0 Å². The van der Waals surface area contributed by atoms with Crippen LogP contribution in [-0.2, 0) is 16.1 Å². The molecule has 0 aliphatic rings. The highest BCUT2D eigenvalue weighted by atomic mass is 16.5. The third-order valence-corrected chi connectivity index (χ3v) is 2.66. The summed E-state index contributed by atoms with van der Waals surface area (Å²) in [5.74, 6) is 0.234. The first-order valence-electron chi connectivity index (χ1n) is 6.45. The molecule has 0 amide bonds. The molecular formula is C15H14N4O2. The number of hydrogen-bond acceptors (Lipinski definition) is 6. The summed E-state index contributed by atoms with van der Waals surface area (Å²) in [6.45, 7) is 0.671. The van der Waals surface area contributed by atoms with Gasteiger partial charge in [0.25, 0.3) is 0 Å². The molecular weight excluding hydrogens is 268 g/mol. The minimum Gasteiger partial charge on any atom is -0.461 e. The number of nitrogens with one attached hydrogen (secondary N) is 1. The molecule has 1 N–H and O–H groups in total. The van der Waals surface area contributed by atoms with Gasteiger partial charge in [-0.05, 0) is 17.7 Å². The van der Waals surface area contributed by atoms with Gasteiger partial charge in [-0.25, -0.2) is 0 Å². The second-order valence-electron chi connectivity index (χ2n) is 4.24. The van der Waals surface area contributed by atoms with E-state index in [0.717, 1.165) is 5.56 Å². The van der Waals surface area contributed by atoms with E-state index in [0.29, 0.717) is 12.4 Å². The van der Waals surface area contributed by atoms with Gasteiger partial charge in [0.15, 0.2) is 5.69 Å². The number of rotatable bonds is 6. The van der Waals surface area contributed by atoms with Gasteiger partial charge in [-0.3, -0.25) is 4.79 Å². The molecule has 0 aliphatic carbocycles. The van der Waals surface area contributed by atoms with Gasteiger partial charge in [-0.2, -0.15) is 5.26 Å². The Labute approximate surface area is 122 Å². The third kappa shape index (κ3) is 4.91. The number of ether oxygens (including phenoxy) is 1. The van der Waals surface area contributed by atoms with Crippen LogP contribution in [0.3, 0.4) is 0 Å². The Balaban J connectivity index is 1.68. The summed E-state index contributed by atoms with van der Waals surface area (Å²) in [6, 6.07) is 14.6. The number of aromatic nitrogens is 2. The maximum Gasteiger partial charge on any atom is 0.307 e. The van der Waals surface area contributed by atoms with Crippen LogP contribution in [0.15, 0.2) is 42.5 Å². The van der Waals surface area contributed by atoms with Gasteiger partial charge in [0, 0.05) is 6.54 Å². The average Bonchev–Trinajstić information content (AvgIpc) is 2.54. The molecule has 2 rings (SSSR count). The Morgan fingerprint density at radius 3 is 2.67 bits per heavy atom. The Bertz CT molecular complexity index is 620. The number of nitriles is 1. The molecule has 1 heterocycles. The van der Waals surface area contributed by atoms with Crippen LogP contribution in [0.2, 0.25) is 0 Å². The molecule has 21 heavy (non-hydrogen) atoms. The van der Waals surface area contributed by atoms with Crippen molar-refractivity contribution < 1.29 is 9.53 Å². The molecule has 2 aromatic rings. The Morgan fingerprint density at radius 2 is 2.00 bits per heavy atom. The summed E-state index contributed by atoms with van der Waals surface area (Å²) in [5.41, 5.74) is 1.21. The molecule has 0 unspecified atom stereocenters. The first-order valence-corrected chi connectivity index (χ1v) is 6.45. The summed E-state index contributed by atoms with van der Waals surface area (Å²) >= 11 is 0. The molecule has 0 saturated heterocycles. The van der Waals surface area contributed by atoms with E-state index in [1.807, 2.05) is 36.4 Å². The molecule has 106 valence electrons. The normalized spacial score (nSPS) is 9.67. The van der Waals surface area contributed by atoms with E-state index < -0.39 is 0 Å². The molecule has 0 radical (unpaired) electrons. The predicted molar refractivity (Wildman–Crippen MR) is 76.1 cm³/mol. The summed E-state index contributed by atoms with van der Waals surface area (Å²) < 4.78 is 5.14. The van der Waals surface area contributed by atoms with Gasteiger partial charge < -0.3 is 10.1 Å². The highest BCUT2D eigenvalue weighted by Gasteiger charge is 2.04. The molecule has 0 spiro atoms. The van der Waals surface area contributed by atoms with E-state index in [-0.39, 0.29) is 24.7 Å². The minimum atomic E-state index is -0.284. The Kier molecular flexibility index (Phi) is 5.24. The van der Waals surface area contributed by atoms with Gasteiger partial charge in [0.2, 0.25) is 0 Å². The largest absolute Gasteiger partial charge is 0.461 e. The number of carbonyl (C=O) groups is 1. The molecule has 0 saturated carbocycles. The van der Waals surface area contributed by atoms with E-state index in [9.17, 15) is 4.79 Å². The van der Waals surface area contributed by atoms with E-state index in [4.69, 9.17) is 10.00 Å². The van der Waals surface area contributed by atoms with Crippen LogP contribution in [-0.4, -0.2) is 22.7 Å². The molecule has 0 fully saturated rings. The Morgan fingerprint density at radius 1 is 1.19 bits per heavy atom. The van der Waals surface area contributed by atoms with Crippen molar-refractivity contribution in [3.05, 3.63) is 53.7 Å². The van der Waals surface area contributed by atoms with Gasteiger partial charge in [0.1, 0.15) is 18.5 Å². The summed E-state index contributed by atoms with van der Waals surface area (Å²) in [4.78, 5) is 11.6. The second-order valence-corrected chi connectivity index (χ2v) is 4.24. The second kappa shape index (κ2) is 7.60. The smallest absolute Gasteiger partial charge is 0.307 e. The number of benzene rings is 1. The van der Waals surface area contributed by atoms with E-state index in [1.54, 1.807) is 12.1 Å². The summed E-state index contributed by atoms with van der Waals surface area (Å²) in [7, 11) is 0. The number of esters is 1. The van der Waals surface area contributed by atoms with Crippen molar-refractivity contribution in [2.75, 3.05) is 11.9 Å². The lowest BCUT2D eigenvalue weighted by atomic mass is 10.2. The fourth-order valence-electron chi connectivity index (χ4n) is 1.59. The number of anilines is 1. The van der Waals surface area contributed by atoms with Crippen molar-refractivity contribution in [2.24, 2.45) is 0 Å². The van der Waals surface area contributed by atoms with Crippen molar-refractivity contribution in [3.8, 4) is 6.07 Å². The van der Waals surface area contributed by atoms with Crippen molar-refractivity contribution >= 4 is 11.8 Å². The zero-order chi connectivity index (χ0) is 14.9. The molecule has 1 aromatic heterocycles. The molecule has 0 aliphatic heterocycles. The number of hydrogen-bond donors (Lipinski definition) is 1. The SMILES string of the molecule is N#Cc1ccc(NCCC(=O)OCc2ccccc2)nn1. The minimum absolute atomic E-state index is 0.231. The van der Waals surface area contributed by atoms with Crippen LogP contribution in [0.4, 0.5) is 5.82 Å². The standard InChI is InChI=1S/C15H14N4O2/c16-10-13-6-7-14(19-18-13)17-9-8-15(20)21-11-12-4-2-1-3-5-12/h1-7H,8-9,11H2,(H,17,19). The van der Waals surface area contributed by atoms with E-state index in [1.165, 1.54) is 0 Å². The third-order valence-electron chi connectivity index (χ3n) is 2.66. The zero-order valence-corrected chi connectivity index (χ0v) is 11.3. The van der Waals surface area contributed by atoms with Crippen LogP contribution in [0.25, 0.3) is 0 Å². The summed E-state index contributed by atoms with van der Waals surface area (Å²) in [6.07, 6.45) is 0.231. The van der Waals surface area contributed by atoms with Crippen LogP contribution in [0.1, 0.15) is 17.7 Å². The van der Waals surface area contributed by atoms with Crippen LogP contribution in [0, 0.1) is 11.3 Å². The molecule has 6 heteroatoms. The van der Waals surface area contributed by atoms with Crippen LogP contribution < -0.4 is 5.32 Å². The molecule has 6 nitrogen and oxygen atoms in total. The maximum absolute atomic E-state index is 11.6. The highest BCUT2D eigenvalue weighted by Crippen LogP contribution is 2.03. The first-order chi connectivity index (χ1) is 10.3. The van der Waals surface area contributed by atoms with Crippen molar-refractivity contribution in [2.45, 2.75) is 13.0 Å². The van der Waals surface area contributed by atoms with Gasteiger partial charge in [0.05, 0.1) is 6.42 Å². The lowest BCUT2D eigenvalue weighted by molar-refractivity contribution is -0.144. The fourth-order valence-corrected chi connectivity index (χ4v) is 1.59. The maximum atomic E-state index is 11.6. The molecule has 0 bridgehead atoms. The average molecular weight is 282 g/mol. The topological polar surface area (TPSA) is 87.9 Å². The van der Waals surface area contributed by atoms with Crippen molar-refractivity contribution in [3.63, 3.8) is 0 Å².